The molecule has 0 aromatic carbocycles. The quantitative estimate of drug-likeness (QED) is 0.621. The molecule has 0 amide bonds. The Balaban J connectivity index is 0.00000277. The number of rotatable bonds is 7. The minimum atomic E-state index is -2.92. The summed E-state index contributed by atoms with van der Waals surface area (Å²) in [6, 6.07) is 0. The molecule has 5 nitrogen and oxygen atoms in total. The van der Waals surface area contributed by atoms with Gasteiger partial charge >= 0.3 is 147 Å². The molecule has 142 valence electrons. The maximum atomic E-state index is 12.0. The van der Waals surface area contributed by atoms with Crippen molar-refractivity contribution >= 4 is 11.9 Å². The molecule has 6 heteroatoms. The Morgan fingerprint density at radius 3 is 1.60 bits per heavy atom. The van der Waals surface area contributed by atoms with E-state index >= 15 is 0 Å². The van der Waals surface area contributed by atoms with Crippen LogP contribution >= 0.6 is 0 Å². The molecule has 0 aliphatic heterocycles. The van der Waals surface area contributed by atoms with Crippen LogP contribution in [-0.2, 0) is 34.9 Å². The fourth-order valence-electron chi connectivity index (χ4n) is 2.84. The van der Waals surface area contributed by atoms with Gasteiger partial charge in [0.2, 0.25) is 0 Å². The van der Waals surface area contributed by atoms with Gasteiger partial charge in [-0.3, -0.25) is 0 Å². The zero-order valence-electron chi connectivity index (χ0n) is 16.9. The Kier molecular flexibility index (Phi) is 10.5. The van der Waals surface area contributed by atoms with Gasteiger partial charge in [0.05, 0.1) is 0 Å². The average Bonchev–Trinajstić information content (AvgIpc) is 2.69. The van der Waals surface area contributed by atoms with Crippen LogP contribution < -0.4 is 5.11 Å². The van der Waals surface area contributed by atoms with E-state index in [1.165, 1.54) is 11.1 Å². The van der Waals surface area contributed by atoms with E-state index in [2.05, 4.69) is 27.7 Å². The fourth-order valence-corrected chi connectivity index (χ4v) is 6.05. The van der Waals surface area contributed by atoms with Gasteiger partial charge in [-0.25, -0.2) is 0 Å². The monoisotopic (exact) mass is 388 g/mol. The van der Waals surface area contributed by atoms with Gasteiger partial charge in [0, 0.05) is 0 Å². The Bertz CT molecular complexity index is 526. The van der Waals surface area contributed by atoms with Crippen molar-refractivity contribution < 1.29 is 40.0 Å². The van der Waals surface area contributed by atoms with E-state index in [1.807, 2.05) is 20.8 Å². The molecule has 0 aromatic rings. The maximum Gasteiger partial charge on any atom is -0.153 e. The van der Waals surface area contributed by atoms with Crippen LogP contribution in [0.25, 0.3) is 0 Å². The van der Waals surface area contributed by atoms with Gasteiger partial charge in [0.1, 0.15) is 0 Å². The summed E-state index contributed by atoms with van der Waals surface area (Å²) < 4.78 is 12.4. The van der Waals surface area contributed by atoms with Gasteiger partial charge in [0.25, 0.3) is 0 Å². The van der Waals surface area contributed by atoms with E-state index in [0.29, 0.717) is 12.8 Å². The Labute approximate surface area is 159 Å². The molecule has 0 bridgehead atoms. The maximum absolute atomic E-state index is 12.0. The summed E-state index contributed by atoms with van der Waals surface area (Å²) in [6.45, 7) is 14.3. The van der Waals surface area contributed by atoms with Gasteiger partial charge in [-0.15, -0.1) is 0 Å². The molecule has 0 unspecified atom stereocenters. The van der Waals surface area contributed by atoms with Crippen molar-refractivity contribution in [3.8, 4) is 0 Å². The van der Waals surface area contributed by atoms with E-state index in [4.69, 9.17) is 11.7 Å². The van der Waals surface area contributed by atoms with Gasteiger partial charge in [0.15, 0.2) is 0 Å². The number of carbonyl (C=O) groups is 2. The van der Waals surface area contributed by atoms with E-state index in [9.17, 15) is 9.59 Å². The SMILES string of the molecule is CCCC(=O)[O][Ti+]([O]C(=O)CCC)[C]1=C(C)C(C)=C(C)C1(C)C.C[O-]. The summed E-state index contributed by atoms with van der Waals surface area (Å²) in [7, 11) is 0.750. The van der Waals surface area contributed by atoms with Crippen LogP contribution in [0.5, 0.6) is 0 Å². The van der Waals surface area contributed by atoms with E-state index in [-0.39, 0.29) is 17.4 Å². The van der Waals surface area contributed by atoms with Crippen LogP contribution in [0.4, 0.5) is 0 Å². The summed E-state index contributed by atoms with van der Waals surface area (Å²) in [6.07, 6.45) is 2.18. The van der Waals surface area contributed by atoms with E-state index in [0.717, 1.165) is 29.4 Å². The largest absolute Gasteiger partial charge is 0.857 e. The zero-order chi connectivity index (χ0) is 19.8. The molecule has 0 fully saturated rings. The van der Waals surface area contributed by atoms with Gasteiger partial charge < -0.3 is 5.11 Å². The standard InChI is InChI=1S/C10H15.2C4H8O2.CH3O.Ti/c1-7-6-10(4,5)9(3)8(7)2;2*1-2-3-4(5)6;1-2;/h1-5H3;2*2-3H2,1H3,(H,5,6);1H3;/q;;;-1;+3/p-2. The Morgan fingerprint density at radius 1 is 0.920 bits per heavy atom. The summed E-state index contributed by atoms with van der Waals surface area (Å²) in [5.74, 6) is -0.518. The van der Waals surface area contributed by atoms with Crippen molar-refractivity contribution in [2.24, 2.45) is 5.41 Å². The van der Waals surface area contributed by atoms with Crippen LogP contribution in [-0.4, -0.2) is 19.0 Å². The first kappa shape index (κ1) is 24.1. The fraction of sp³-hybridized carbons (Fsp3) is 0.684. The minimum Gasteiger partial charge on any atom is -0.857 e. The first-order valence-corrected chi connectivity index (χ1v) is 10.8. The molecule has 25 heavy (non-hydrogen) atoms. The zero-order valence-corrected chi connectivity index (χ0v) is 18.4. The first-order chi connectivity index (χ1) is 11.7. The number of hydrogen-bond acceptors (Lipinski definition) is 5. The van der Waals surface area contributed by atoms with Crippen molar-refractivity contribution in [3.05, 3.63) is 20.6 Å². The third-order valence-electron chi connectivity index (χ3n) is 4.59. The van der Waals surface area contributed by atoms with Crippen LogP contribution in [0.1, 0.15) is 74.1 Å². The summed E-state index contributed by atoms with van der Waals surface area (Å²) in [5, 5.41) is 8.25. The molecule has 0 saturated carbocycles. The first-order valence-electron chi connectivity index (χ1n) is 8.75. The van der Waals surface area contributed by atoms with Crippen molar-refractivity contribution in [1.82, 2.24) is 0 Å². The number of hydrogen-bond donors (Lipinski definition) is 0. The molecule has 0 heterocycles. The summed E-state index contributed by atoms with van der Waals surface area (Å²) in [4.78, 5) is 24.0. The molecule has 1 aliphatic carbocycles. The minimum absolute atomic E-state index is 0.220. The van der Waals surface area contributed by atoms with Crippen molar-refractivity contribution in [2.45, 2.75) is 74.1 Å². The Morgan fingerprint density at radius 2 is 1.32 bits per heavy atom. The second-order valence-corrected chi connectivity index (χ2v) is 8.93. The number of allylic oxidation sites excluding steroid dienone is 4. The van der Waals surface area contributed by atoms with Crippen molar-refractivity contribution in [2.75, 3.05) is 7.11 Å². The molecule has 0 N–H and O–H groups in total. The molecular formula is C19H32O5Ti. The van der Waals surface area contributed by atoms with Gasteiger partial charge in [-0.05, 0) is 0 Å². The third kappa shape index (κ3) is 6.09. The molecule has 0 aromatic heterocycles. The molecule has 0 saturated heterocycles. The molecule has 0 radical (unpaired) electrons. The van der Waals surface area contributed by atoms with Crippen LogP contribution in [0.15, 0.2) is 20.6 Å². The number of carbonyl (C=O) groups excluding carboxylic acids is 2. The van der Waals surface area contributed by atoms with Crippen molar-refractivity contribution in [3.63, 3.8) is 0 Å². The van der Waals surface area contributed by atoms with Crippen molar-refractivity contribution in [1.29, 1.82) is 0 Å². The summed E-state index contributed by atoms with van der Waals surface area (Å²) >= 11 is -2.92. The average molecular weight is 388 g/mol. The predicted molar refractivity (Wildman–Crippen MR) is 92.8 cm³/mol. The predicted octanol–water partition coefficient (Wildman–Crippen LogP) is 3.75. The molecular weight excluding hydrogens is 356 g/mol. The van der Waals surface area contributed by atoms with Gasteiger partial charge in [-0.1, -0.05) is 0 Å². The van der Waals surface area contributed by atoms with Gasteiger partial charge in [-0.2, -0.15) is 7.11 Å². The van der Waals surface area contributed by atoms with Crippen LogP contribution in [0, 0.1) is 5.41 Å². The van der Waals surface area contributed by atoms with Crippen LogP contribution in [0.2, 0.25) is 0 Å². The smallest absolute Gasteiger partial charge is 0.153 e. The topological polar surface area (TPSA) is 75.7 Å². The van der Waals surface area contributed by atoms with E-state index < -0.39 is 18.6 Å². The van der Waals surface area contributed by atoms with Crippen LogP contribution in [0.3, 0.4) is 0 Å². The summed E-state index contributed by atoms with van der Waals surface area (Å²) in [5.41, 5.74) is 3.37. The second-order valence-electron chi connectivity index (χ2n) is 6.61. The van der Waals surface area contributed by atoms with E-state index in [1.54, 1.807) is 0 Å². The third-order valence-corrected chi connectivity index (χ3v) is 8.08. The Hall–Kier alpha value is -0.906. The molecule has 0 atom stereocenters. The molecule has 1 aliphatic rings. The normalized spacial score (nSPS) is 15.6. The molecule has 0 spiro atoms. The second kappa shape index (κ2) is 10.9. The molecule has 1 rings (SSSR count).